The number of nitrogens with two attached hydrogens (primary N) is 1. The SMILES string of the molecule is Cc1ccc(C)c(S(=O)(=O)Nc2c(C(N)=O)oc3ccccc23)c1. The maximum absolute atomic E-state index is 12.8. The fourth-order valence-electron chi connectivity index (χ4n) is 2.51. The van der Waals surface area contributed by atoms with Crippen LogP contribution in [-0.4, -0.2) is 14.3 Å². The summed E-state index contributed by atoms with van der Waals surface area (Å²) < 4.78 is 33.4. The molecule has 2 aromatic carbocycles. The highest BCUT2D eigenvalue weighted by atomic mass is 32.2. The predicted molar refractivity (Wildman–Crippen MR) is 91.5 cm³/mol. The van der Waals surface area contributed by atoms with Gasteiger partial charge in [-0.3, -0.25) is 9.52 Å². The normalized spacial score (nSPS) is 11.6. The number of anilines is 1. The van der Waals surface area contributed by atoms with E-state index in [1.807, 2.05) is 6.07 Å². The van der Waals surface area contributed by atoms with Crippen molar-refractivity contribution in [2.75, 3.05) is 4.72 Å². The van der Waals surface area contributed by atoms with E-state index < -0.39 is 15.9 Å². The van der Waals surface area contributed by atoms with E-state index in [0.717, 1.165) is 5.56 Å². The number of aryl methyl sites for hydroxylation is 2. The highest BCUT2D eigenvalue weighted by Gasteiger charge is 2.25. The van der Waals surface area contributed by atoms with E-state index in [1.165, 1.54) is 0 Å². The van der Waals surface area contributed by atoms with Gasteiger partial charge in [-0.15, -0.1) is 0 Å². The number of amides is 1. The Kier molecular flexibility index (Phi) is 3.81. The van der Waals surface area contributed by atoms with E-state index in [2.05, 4.69) is 4.72 Å². The summed E-state index contributed by atoms with van der Waals surface area (Å²) in [5.41, 5.74) is 7.17. The molecule has 7 heteroatoms. The van der Waals surface area contributed by atoms with Crippen LogP contribution in [0.3, 0.4) is 0 Å². The van der Waals surface area contributed by atoms with E-state index in [-0.39, 0.29) is 16.3 Å². The number of benzene rings is 2. The second kappa shape index (κ2) is 5.68. The van der Waals surface area contributed by atoms with Gasteiger partial charge in [-0.05, 0) is 43.2 Å². The molecule has 0 saturated heterocycles. The number of carbonyl (C=O) groups is 1. The molecule has 3 aromatic rings. The Morgan fingerprint density at radius 3 is 2.54 bits per heavy atom. The molecule has 0 spiro atoms. The Bertz CT molecular complexity index is 1050. The second-order valence-electron chi connectivity index (χ2n) is 5.54. The van der Waals surface area contributed by atoms with Gasteiger partial charge in [0, 0.05) is 5.39 Å². The maximum Gasteiger partial charge on any atom is 0.286 e. The average molecular weight is 344 g/mol. The molecule has 24 heavy (non-hydrogen) atoms. The number of nitrogens with one attached hydrogen (secondary N) is 1. The first-order valence-corrected chi connectivity index (χ1v) is 8.69. The smallest absolute Gasteiger partial charge is 0.286 e. The number of carbonyl (C=O) groups excluding carboxylic acids is 1. The summed E-state index contributed by atoms with van der Waals surface area (Å²) in [6.07, 6.45) is 0. The Labute approximate surface area is 139 Å². The molecule has 1 amide bonds. The van der Waals surface area contributed by atoms with Crippen LogP contribution in [0.4, 0.5) is 5.69 Å². The van der Waals surface area contributed by atoms with Gasteiger partial charge in [0.15, 0.2) is 0 Å². The van der Waals surface area contributed by atoms with Crippen molar-refractivity contribution in [1.29, 1.82) is 0 Å². The lowest BCUT2D eigenvalue weighted by molar-refractivity contribution is 0.0977. The Balaban J connectivity index is 2.17. The molecule has 3 N–H and O–H groups in total. The summed E-state index contributed by atoms with van der Waals surface area (Å²) in [6, 6.07) is 11.9. The monoisotopic (exact) mass is 344 g/mol. The van der Waals surface area contributed by atoms with Crippen LogP contribution in [0.2, 0.25) is 0 Å². The van der Waals surface area contributed by atoms with Gasteiger partial charge in [-0.25, -0.2) is 8.42 Å². The summed E-state index contributed by atoms with van der Waals surface area (Å²) in [5, 5.41) is 0.472. The van der Waals surface area contributed by atoms with Crippen LogP contribution in [-0.2, 0) is 10.0 Å². The minimum Gasteiger partial charge on any atom is -0.449 e. The average Bonchev–Trinajstić information content (AvgIpc) is 2.88. The number of furan rings is 1. The number of rotatable bonds is 4. The van der Waals surface area contributed by atoms with Gasteiger partial charge in [0.25, 0.3) is 15.9 Å². The molecule has 0 aliphatic carbocycles. The molecule has 0 fully saturated rings. The third-order valence-corrected chi connectivity index (χ3v) is 5.18. The predicted octanol–water partition coefficient (Wildman–Crippen LogP) is 2.95. The molecule has 0 atom stereocenters. The van der Waals surface area contributed by atoms with Crippen LogP contribution < -0.4 is 10.5 Å². The summed E-state index contributed by atoms with van der Waals surface area (Å²) in [4.78, 5) is 11.8. The van der Waals surface area contributed by atoms with Gasteiger partial charge in [-0.2, -0.15) is 0 Å². The molecule has 0 unspecified atom stereocenters. The van der Waals surface area contributed by atoms with Gasteiger partial charge in [0.05, 0.1) is 4.90 Å². The van der Waals surface area contributed by atoms with Gasteiger partial charge in [0.2, 0.25) is 5.76 Å². The summed E-state index contributed by atoms with van der Waals surface area (Å²) >= 11 is 0. The molecule has 0 radical (unpaired) electrons. The number of primary amides is 1. The molecule has 6 nitrogen and oxygen atoms in total. The second-order valence-corrected chi connectivity index (χ2v) is 7.19. The molecule has 1 aromatic heterocycles. The summed E-state index contributed by atoms with van der Waals surface area (Å²) in [6.45, 7) is 3.51. The number of fused-ring (bicyclic) bond motifs is 1. The van der Waals surface area contributed by atoms with Crippen molar-refractivity contribution in [2.45, 2.75) is 18.7 Å². The largest absolute Gasteiger partial charge is 0.449 e. The van der Waals surface area contributed by atoms with Crippen molar-refractivity contribution < 1.29 is 17.6 Å². The molecule has 0 aliphatic heterocycles. The molecule has 0 bridgehead atoms. The third kappa shape index (κ3) is 2.74. The minimum atomic E-state index is -3.90. The van der Waals surface area contributed by atoms with Crippen LogP contribution >= 0.6 is 0 Å². The quantitative estimate of drug-likeness (QED) is 0.759. The van der Waals surface area contributed by atoms with Crippen LogP contribution in [0.15, 0.2) is 51.8 Å². The number of para-hydroxylation sites is 1. The van der Waals surface area contributed by atoms with Crippen molar-refractivity contribution >= 4 is 32.6 Å². The fourth-order valence-corrected chi connectivity index (χ4v) is 3.92. The molecule has 3 rings (SSSR count). The summed E-state index contributed by atoms with van der Waals surface area (Å²) in [5.74, 6) is -1.06. The third-order valence-electron chi connectivity index (χ3n) is 3.69. The van der Waals surface area contributed by atoms with Crippen LogP contribution in [0.25, 0.3) is 11.0 Å². The first-order valence-electron chi connectivity index (χ1n) is 7.21. The maximum atomic E-state index is 12.8. The van der Waals surface area contributed by atoms with Crippen molar-refractivity contribution in [3.63, 3.8) is 0 Å². The standard InChI is InChI=1S/C17H16N2O4S/c1-10-7-8-11(2)14(9-10)24(21,22)19-15-12-5-3-4-6-13(12)23-16(15)17(18)20/h3-9,19H,1-2H3,(H2,18,20). The zero-order valence-electron chi connectivity index (χ0n) is 13.2. The lowest BCUT2D eigenvalue weighted by atomic mass is 10.2. The number of sulfonamides is 1. The van der Waals surface area contributed by atoms with E-state index in [0.29, 0.717) is 16.5 Å². The zero-order chi connectivity index (χ0) is 17.5. The van der Waals surface area contributed by atoms with E-state index in [9.17, 15) is 13.2 Å². The minimum absolute atomic E-state index is 0.0546. The van der Waals surface area contributed by atoms with Gasteiger partial charge < -0.3 is 10.2 Å². The zero-order valence-corrected chi connectivity index (χ0v) is 14.0. The van der Waals surface area contributed by atoms with Crippen molar-refractivity contribution in [2.24, 2.45) is 5.73 Å². The Morgan fingerprint density at radius 2 is 1.83 bits per heavy atom. The Morgan fingerprint density at radius 1 is 1.12 bits per heavy atom. The van der Waals surface area contributed by atoms with Gasteiger partial charge in [0.1, 0.15) is 11.3 Å². The van der Waals surface area contributed by atoms with Gasteiger partial charge in [-0.1, -0.05) is 24.3 Å². The first kappa shape index (κ1) is 16.1. The van der Waals surface area contributed by atoms with Gasteiger partial charge >= 0.3 is 0 Å². The number of hydrogen-bond acceptors (Lipinski definition) is 4. The molecule has 124 valence electrons. The molecular formula is C17H16N2O4S. The van der Waals surface area contributed by atoms with Crippen molar-refractivity contribution in [3.8, 4) is 0 Å². The lowest BCUT2D eigenvalue weighted by Gasteiger charge is -2.11. The summed E-state index contributed by atoms with van der Waals surface area (Å²) in [7, 11) is -3.90. The Hall–Kier alpha value is -2.80. The van der Waals surface area contributed by atoms with E-state index >= 15 is 0 Å². The lowest BCUT2D eigenvalue weighted by Crippen LogP contribution is -2.18. The molecule has 1 heterocycles. The van der Waals surface area contributed by atoms with E-state index in [1.54, 1.807) is 50.2 Å². The van der Waals surface area contributed by atoms with Crippen molar-refractivity contribution in [1.82, 2.24) is 0 Å². The van der Waals surface area contributed by atoms with Crippen LogP contribution in [0.5, 0.6) is 0 Å². The highest BCUT2D eigenvalue weighted by Crippen LogP contribution is 2.32. The molecule has 0 aliphatic rings. The van der Waals surface area contributed by atoms with Crippen LogP contribution in [0.1, 0.15) is 21.7 Å². The topological polar surface area (TPSA) is 102 Å². The highest BCUT2D eigenvalue weighted by molar-refractivity contribution is 7.92. The molecule has 0 saturated carbocycles. The molecular weight excluding hydrogens is 328 g/mol. The number of hydrogen-bond donors (Lipinski definition) is 2. The fraction of sp³-hybridized carbons (Fsp3) is 0.118. The first-order chi connectivity index (χ1) is 11.3. The van der Waals surface area contributed by atoms with Crippen LogP contribution in [0, 0.1) is 13.8 Å². The van der Waals surface area contributed by atoms with E-state index in [4.69, 9.17) is 10.2 Å². The van der Waals surface area contributed by atoms with Crippen molar-refractivity contribution in [3.05, 3.63) is 59.4 Å².